The minimum absolute atomic E-state index is 0.0501. The Morgan fingerprint density at radius 3 is 2.84 bits per heavy atom. The van der Waals surface area contributed by atoms with Gasteiger partial charge in [-0.3, -0.25) is 4.98 Å². The van der Waals surface area contributed by atoms with Gasteiger partial charge in [-0.25, -0.2) is 4.79 Å². The van der Waals surface area contributed by atoms with Gasteiger partial charge in [-0.1, -0.05) is 13.0 Å². The van der Waals surface area contributed by atoms with Gasteiger partial charge in [0.1, 0.15) is 0 Å². The number of nitrogens with one attached hydrogen (secondary N) is 2. The number of hydrogen-bond acceptors (Lipinski definition) is 2. The molecule has 2 amide bonds. The van der Waals surface area contributed by atoms with Crippen LogP contribution in [-0.2, 0) is 6.54 Å². The summed E-state index contributed by atoms with van der Waals surface area (Å²) in [5, 5.41) is 6.01. The smallest absolute Gasteiger partial charge is 0.315 e. The summed E-state index contributed by atoms with van der Waals surface area (Å²) in [7, 11) is 0. The molecule has 1 fully saturated rings. The SMILES string of the molecule is CC1CCC(C)(NC(=O)NCc2cccnc2)CC1. The van der Waals surface area contributed by atoms with Crippen molar-refractivity contribution >= 4 is 6.03 Å². The van der Waals surface area contributed by atoms with E-state index < -0.39 is 0 Å². The predicted molar refractivity (Wildman–Crippen MR) is 75.6 cm³/mol. The molecule has 1 saturated carbocycles. The molecule has 1 heterocycles. The first-order valence-corrected chi connectivity index (χ1v) is 7.02. The van der Waals surface area contributed by atoms with Crippen LogP contribution in [0.1, 0.15) is 45.1 Å². The number of hydrogen-bond donors (Lipinski definition) is 2. The Balaban J connectivity index is 1.78. The van der Waals surface area contributed by atoms with Gasteiger partial charge in [0, 0.05) is 24.5 Å². The molecule has 19 heavy (non-hydrogen) atoms. The molecule has 1 aliphatic carbocycles. The molecule has 0 saturated heterocycles. The Hall–Kier alpha value is -1.58. The van der Waals surface area contributed by atoms with Gasteiger partial charge in [0.15, 0.2) is 0 Å². The maximum absolute atomic E-state index is 11.9. The van der Waals surface area contributed by atoms with Gasteiger partial charge in [-0.15, -0.1) is 0 Å². The standard InChI is InChI=1S/C15H23N3O/c1-12-5-7-15(2,8-6-12)18-14(19)17-11-13-4-3-9-16-10-13/h3-4,9-10,12H,5-8,11H2,1-2H3,(H2,17,18,19). The minimum atomic E-state index is -0.0825. The summed E-state index contributed by atoms with van der Waals surface area (Å²) < 4.78 is 0. The third-order valence-electron chi connectivity index (χ3n) is 3.97. The zero-order valence-electron chi connectivity index (χ0n) is 11.8. The van der Waals surface area contributed by atoms with Gasteiger partial charge in [-0.05, 0) is 50.2 Å². The predicted octanol–water partition coefficient (Wildman–Crippen LogP) is 2.85. The second-order valence-electron chi connectivity index (χ2n) is 5.91. The molecule has 0 unspecified atom stereocenters. The molecule has 0 aliphatic heterocycles. The van der Waals surface area contributed by atoms with Crippen molar-refractivity contribution in [2.24, 2.45) is 5.92 Å². The van der Waals surface area contributed by atoms with Crippen molar-refractivity contribution in [3.8, 4) is 0 Å². The number of carbonyl (C=O) groups is 1. The first-order chi connectivity index (χ1) is 9.07. The van der Waals surface area contributed by atoms with Crippen molar-refractivity contribution in [3.05, 3.63) is 30.1 Å². The second-order valence-corrected chi connectivity index (χ2v) is 5.91. The van der Waals surface area contributed by atoms with E-state index in [-0.39, 0.29) is 11.6 Å². The highest BCUT2D eigenvalue weighted by Gasteiger charge is 2.30. The summed E-state index contributed by atoms with van der Waals surface area (Å²) in [5.74, 6) is 0.785. The number of urea groups is 1. The van der Waals surface area contributed by atoms with Crippen LogP contribution in [0.5, 0.6) is 0 Å². The van der Waals surface area contributed by atoms with E-state index in [0.717, 1.165) is 24.3 Å². The quantitative estimate of drug-likeness (QED) is 0.879. The lowest BCUT2D eigenvalue weighted by molar-refractivity contribution is 0.196. The fourth-order valence-corrected chi connectivity index (χ4v) is 2.53. The molecular weight excluding hydrogens is 238 g/mol. The molecule has 104 valence electrons. The molecule has 0 aromatic carbocycles. The lowest BCUT2D eigenvalue weighted by atomic mass is 9.78. The van der Waals surface area contributed by atoms with Crippen LogP contribution in [0, 0.1) is 5.92 Å². The average molecular weight is 261 g/mol. The van der Waals surface area contributed by atoms with Gasteiger partial charge in [0.05, 0.1) is 0 Å². The van der Waals surface area contributed by atoms with E-state index in [1.807, 2.05) is 12.1 Å². The van der Waals surface area contributed by atoms with Crippen LogP contribution in [0.15, 0.2) is 24.5 Å². The van der Waals surface area contributed by atoms with Crippen molar-refractivity contribution in [1.29, 1.82) is 0 Å². The fourth-order valence-electron chi connectivity index (χ4n) is 2.53. The summed E-state index contributed by atoms with van der Waals surface area (Å²) in [6, 6.07) is 3.75. The van der Waals surface area contributed by atoms with E-state index in [4.69, 9.17) is 0 Å². The number of amides is 2. The number of pyridine rings is 1. The summed E-state index contributed by atoms with van der Waals surface area (Å²) >= 11 is 0. The molecule has 1 aromatic rings. The lowest BCUT2D eigenvalue weighted by Gasteiger charge is -2.37. The average Bonchev–Trinajstić information content (AvgIpc) is 2.41. The fraction of sp³-hybridized carbons (Fsp3) is 0.600. The molecule has 0 spiro atoms. The number of carbonyl (C=O) groups excluding carboxylic acids is 1. The Kier molecular flexibility index (Phi) is 4.40. The summed E-state index contributed by atoms with van der Waals surface area (Å²) in [4.78, 5) is 16.0. The molecular formula is C15H23N3O. The number of nitrogens with zero attached hydrogens (tertiary/aromatic N) is 1. The highest BCUT2D eigenvalue weighted by atomic mass is 16.2. The Labute approximate surface area is 115 Å². The molecule has 1 aromatic heterocycles. The van der Waals surface area contributed by atoms with Crippen molar-refractivity contribution in [2.45, 2.75) is 51.6 Å². The third-order valence-corrected chi connectivity index (χ3v) is 3.97. The van der Waals surface area contributed by atoms with E-state index in [2.05, 4.69) is 29.5 Å². The van der Waals surface area contributed by atoms with E-state index in [1.165, 1.54) is 12.8 Å². The van der Waals surface area contributed by atoms with Gasteiger partial charge in [-0.2, -0.15) is 0 Å². The van der Waals surface area contributed by atoms with Crippen LogP contribution >= 0.6 is 0 Å². The van der Waals surface area contributed by atoms with Crippen LogP contribution in [0.25, 0.3) is 0 Å². The largest absolute Gasteiger partial charge is 0.334 e. The summed E-state index contributed by atoms with van der Waals surface area (Å²) in [6.45, 7) is 4.94. The first kappa shape index (κ1) is 13.8. The van der Waals surface area contributed by atoms with Gasteiger partial charge in [0.2, 0.25) is 0 Å². The first-order valence-electron chi connectivity index (χ1n) is 7.02. The normalized spacial score (nSPS) is 26.7. The maximum atomic E-state index is 11.9. The third kappa shape index (κ3) is 4.23. The maximum Gasteiger partial charge on any atom is 0.315 e. The lowest BCUT2D eigenvalue weighted by Crippen LogP contribution is -2.51. The monoisotopic (exact) mass is 261 g/mol. The van der Waals surface area contributed by atoms with Gasteiger partial charge >= 0.3 is 6.03 Å². The van der Waals surface area contributed by atoms with E-state index >= 15 is 0 Å². The molecule has 0 atom stereocenters. The van der Waals surface area contributed by atoms with Gasteiger partial charge < -0.3 is 10.6 Å². The van der Waals surface area contributed by atoms with Crippen LogP contribution in [0.4, 0.5) is 4.79 Å². The van der Waals surface area contributed by atoms with Crippen molar-refractivity contribution in [2.75, 3.05) is 0 Å². The van der Waals surface area contributed by atoms with Crippen molar-refractivity contribution in [1.82, 2.24) is 15.6 Å². The van der Waals surface area contributed by atoms with Crippen molar-refractivity contribution < 1.29 is 4.79 Å². The zero-order chi connectivity index (χ0) is 13.7. The summed E-state index contributed by atoms with van der Waals surface area (Å²) in [6.07, 6.45) is 8.01. The molecule has 1 aliphatic rings. The molecule has 2 N–H and O–H groups in total. The van der Waals surface area contributed by atoms with Crippen LogP contribution < -0.4 is 10.6 Å². The highest BCUT2D eigenvalue weighted by molar-refractivity contribution is 5.74. The molecule has 4 heteroatoms. The molecule has 4 nitrogen and oxygen atoms in total. The van der Waals surface area contributed by atoms with Gasteiger partial charge in [0.25, 0.3) is 0 Å². The second kappa shape index (κ2) is 6.04. The Morgan fingerprint density at radius 1 is 1.47 bits per heavy atom. The Morgan fingerprint density at radius 2 is 2.21 bits per heavy atom. The van der Waals surface area contributed by atoms with E-state index in [9.17, 15) is 4.79 Å². The van der Waals surface area contributed by atoms with Crippen LogP contribution in [-0.4, -0.2) is 16.6 Å². The topological polar surface area (TPSA) is 54.0 Å². The zero-order valence-corrected chi connectivity index (χ0v) is 11.8. The summed E-state index contributed by atoms with van der Waals surface area (Å²) in [5.41, 5.74) is 0.964. The van der Waals surface area contributed by atoms with E-state index in [1.54, 1.807) is 12.4 Å². The van der Waals surface area contributed by atoms with Crippen LogP contribution in [0.3, 0.4) is 0 Å². The van der Waals surface area contributed by atoms with Crippen molar-refractivity contribution in [3.63, 3.8) is 0 Å². The molecule has 0 bridgehead atoms. The molecule has 2 rings (SSSR count). The van der Waals surface area contributed by atoms with E-state index in [0.29, 0.717) is 6.54 Å². The highest BCUT2D eigenvalue weighted by Crippen LogP contribution is 2.31. The number of aromatic nitrogens is 1. The number of rotatable bonds is 3. The minimum Gasteiger partial charge on any atom is -0.334 e. The Bertz CT molecular complexity index is 411. The van der Waals surface area contributed by atoms with Crippen LogP contribution in [0.2, 0.25) is 0 Å². The molecule has 0 radical (unpaired) electrons.